The lowest BCUT2D eigenvalue weighted by molar-refractivity contribution is -0.116. The Morgan fingerprint density at radius 3 is 2.29 bits per heavy atom. The highest BCUT2D eigenvalue weighted by Crippen LogP contribution is 2.30. The molecule has 0 atom stereocenters. The van der Waals surface area contributed by atoms with Gasteiger partial charge in [-0.15, -0.1) is 0 Å². The molecule has 10 heteroatoms. The minimum atomic E-state index is -3.97. The van der Waals surface area contributed by atoms with Crippen LogP contribution in [0.4, 0.5) is 5.69 Å². The zero-order valence-corrected chi connectivity index (χ0v) is 19.0. The van der Waals surface area contributed by atoms with Gasteiger partial charge in [-0.25, -0.2) is 8.42 Å². The van der Waals surface area contributed by atoms with E-state index in [0.717, 1.165) is 0 Å². The van der Waals surface area contributed by atoms with Crippen LogP contribution < -0.4 is 10.6 Å². The molecule has 0 aromatic heterocycles. The van der Waals surface area contributed by atoms with Gasteiger partial charge in [0, 0.05) is 31.2 Å². The monoisotopic (exact) mass is 468 g/mol. The maximum atomic E-state index is 13.2. The molecule has 2 N–H and O–H groups in total. The van der Waals surface area contributed by atoms with E-state index in [4.69, 9.17) is 21.1 Å². The molecule has 0 aliphatic carbocycles. The molecule has 2 amide bonds. The predicted molar refractivity (Wildman–Crippen MR) is 117 cm³/mol. The standard InChI is InChI=1S/C21H25ClN2O6S/c1-4-5-19(25)24-17-12-14(21(26)23-13-20(29-2)30-3)6-11-18(17)31(27,28)16-9-7-15(22)8-10-16/h6-12,20H,4-5,13H2,1-3H3,(H,23,26)(H,24,25). The SMILES string of the molecule is CCCC(=O)Nc1cc(C(=O)NCC(OC)OC)ccc1S(=O)(=O)c1ccc(Cl)cc1. The topological polar surface area (TPSA) is 111 Å². The van der Waals surface area contributed by atoms with Crippen molar-refractivity contribution in [3.05, 3.63) is 53.1 Å². The molecule has 31 heavy (non-hydrogen) atoms. The van der Waals surface area contributed by atoms with Gasteiger partial charge in [0.05, 0.1) is 22.0 Å². The summed E-state index contributed by atoms with van der Waals surface area (Å²) in [5.41, 5.74) is 0.198. The number of hydrogen-bond donors (Lipinski definition) is 2. The first-order valence-electron chi connectivity index (χ1n) is 9.51. The number of carbonyl (C=O) groups excluding carboxylic acids is 2. The summed E-state index contributed by atoms with van der Waals surface area (Å²) in [6, 6.07) is 9.70. The van der Waals surface area contributed by atoms with Crippen LogP contribution in [0, 0.1) is 0 Å². The highest BCUT2D eigenvalue weighted by molar-refractivity contribution is 7.91. The number of anilines is 1. The average Bonchev–Trinajstić information content (AvgIpc) is 2.74. The first kappa shape index (κ1) is 24.8. The van der Waals surface area contributed by atoms with Crippen molar-refractivity contribution in [2.75, 3.05) is 26.1 Å². The van der Waals surface area contributed by atoms with Gasteiger partial charge in [-0.2, -0.15) is 0 Å². The second-order valence-corrected chi connectivity index (χ2v) is 8.93. The van der Waals surface area contributed by atoms with E-state index in [1.54, 1.807) is 0 Å². The molecule has 2 rings (SSSR count). The molecule has 8 nitrogen and oxygen atoms in total. The van der Waals surface area contributed by atoms with Crippen LogP contribution in [0.25, 0.3) is 0 Å². The Hall–Kier alpha value is -2.46. The molecule has 0 radical (unpaired) electrons. The van der Waals surface area contributed by atoms with Crippen LogP contribution in [0.2, 0.25) is 5.02 Å². The molecule has 0 fully saturated rings. The Kier molecular flexibility index (Phi) is 9.00. The fourth-order valence-electron chi connectivity index (χ4n) is 2.72. The molecule has 2 aromatic carbocycles. The van der Waals surface area contributed by atoms with Crippen LogP contribution in [-0.4, -0.2) is 47.3 Å². The summed E-state index contributed by atoms with van der Waals surface area (Å²) >= 11 is 5.86. The van der Waals surface area contributed by atoms with Crippen molar-refractivity contribution in [2.45, 2.75) is 35.8 Å². The second kappa shape index (κ2) is 11.2. The van der Waals surface area contributed by atoms with Crippen LogP contribution >= 0.6 is 11.6 Å². The van der Waals surface area contributed by atoms with E-state index in [0.29, 0.717) is 11.4 Å². The van der Waals surface area contributed by atoms with E-state index >= 15 is 0 Å². The fourth-order valence-corrected chi connectivity index (χ4v) is 4.25. The number of halogens is 1. The molecule has 0 spiro atoms. The third kappa shape index (κ3) is 6.51. The summed E-state index contributed by atoms with van der Waals surface area (Å²) in [4.78, 5) is 24.6. The zero-order valence-electron chi connectivity index (χ0n) is 17.5. The molecular formula is C21H25ClN2O6S. The van der Waals surface area contributed by atoms with E-state index in [2.05, 4.69) is 10.6 Å². The number of rotatable bonds is 10. The normalized spacial score (nSPS) is 11.4. The van der Waals surface area contributed by atoms with Crippen molar-refractivity contribution in [3.63, 3.8) is 0 Å². The van der Waals surface area contributed by atoms with Crippen LogP contribution in [0.15, 0.2) is 52.3 Å². The van der Waals surface area contributed by atoms with Gasteiger partial charge in [-0.05, 0) is 48.9 Å². The zero-order chi connectivity index (χ0) is 23.0. The van der Waals surface area contributed by atoms with Gasteiger partial charge in [-0.1, -0.05) is 18.5 Å². The number of hydrogen-bond acceptors (Lipinski definition) is 6. The minimum Gasteiger partial charge on any atom is -0.354 e. The summed E-state index contributed by atoms with van der Waals surface area (Å²) in [5.74, 6) is -0.827. The summed E-state index contributed by atoms with van der Waals surface area (Å²) < 4.78 is 36.4. The number of ether oxygens (including phenoxy) is 2. The summed E-state index contributed by atoms with van der Waals surface area (Å²) in [6.07, 6.45) is 0.165. The van der Waals surface area contributed by atoms with Crippen molar-refractivity contribution >= 4 is 38.9 Å². The number of benzene rings is 2. The fraction of sp³-hybridized carbons (Fsp3) is 0.333. The third-order valence-electron chi connectivity index (χ3n) is 4.36. The van der Waals surface area contributed by atoms with Gasteiger partial charge in [0.1, 0.15) is 0 Å². The minimum absolute atomic E-state index is 0.0168. The summed E-state index contributed by atoms with van der Waals surface area (Å²) in [6.45, 7) is 1.92. The molecule has 0 saturated carbocycles. The Balaban J connectivity index is 2.42. The highest BCUT2D eigenvalue weighted by atomic mass is 35.5. The molecule has 0 unspecified atom stereocenters. The van der Waals surface area contributed by atoms with E-state index in [9.17, 15) is 18.0 Å². The Morgan fingerprint density at radius 1 is 1.06 bits per heavy atom. The molecule has 0 aliphatic heterocycles. The van der Waals surface area contributed by atoms with Crippen molar-refractivity contribution in [2.24, 2.45) is 0 Å². The molecule has 0 aliphatic rings. The van der Waals surface area contributed by atoms with Crippen LogP contribution in [-0.2, 0) is 24.1 Å². The van der Waals surface area contributed by atoms with Crippen LogP contribution in [0.1, 0.15) is 30.1 Å². The number of carbonyl (C=O) groups is 2. The number of amides is 2. The van der Waals surface area contributed by atoms with Gasteiger partial charge in [-0.3, -0.25) is 9.59 Å². The van der Waals surface area contributed by atoms with Crippen molar-refractivity contribution in [1.82, 2.24) is 5.32 Å². The summed E-state index contributed by atoms with van der Waals surface area (Å²) in [7, 11) is -1.08. The van der Waals surface area contributed by atoms with E-state index < -0.39 is 22.0 Å². The predicted octanol–water partition coefficient (Wildman–Crippen LogP) is 3.26. The first-order valence-corrected chi connectivity index (χ1v) is 11.4. The lowest BCUT2D eigenvalue weighted by Gasteiger charge is -2.16. The van der Waals surface area contributed by atoms with Gasteiger partial charge >= 0.3 is 0 Å². The summed E-state index contributed by atoms with van der Waals surface area (Å²) in [5, 5.41) is 5.64. The molecule has 0 bridgehead atoms. The van der Waals surface area contributed by atoms with Crippen molar-refractivity contribution < 1.29 is 27.5 Å². The Bertz CT molecular complexity index is 1020. The van der Waals surface area contributed by atoms with Crippen LogP contribution in [0.5, 0.6) is 0 Å². The first-order chi connectivity index (χ1) is 14.7. The van der Waals surface area contributed by atoms with E-state index in [1.165, 1.54) is 56.7 Å². The van der Waals surface area contributed by atoms with E-state index in [1.807, 2.05) is 6.92 Å². The third-order valence-corrected chi connectivity index (χ3v) is 6.44. The quantitative estimate of drug-likeness (QED) is 0.518. The Labute approximate surface area is 186 Å². The number of sulfone groups is 1. The lowest BCUT2D eigenvalue weighted by atomic mass is 10.1. The van der Waals surface area contributed by atoms with Gasteiger partial charge in [0.25, 0.3) is 5.91 Å². The molecule has 0 saturated heterocycles. The average molecular weight is 469 g/mol. The van der Waals surface area contributed by atoms with Gasteiger partial charge in [0.15, 0.2) is 6.29 Å². The smallest absolute Gasteiger partial charge is 0.251 e. The molecule has 168 valence electrons. The van der Waals surface area contributed by atoms with E-state index in [-0.39, 0.29) is 39.9 Å². The second-order valence-electron chi connectivity index (χ2n) is 6.58. The molecule has 2 aromatic rings. The van der Waals surface area contributed by atoms with Crippen molar-refractivity contribution in [1.29, 1.82) is 0 Å². The van der Waals surface area contributed by atoms with Gasteiger partial charge < -0.3 is 20.1 Å². The van der Waals surface area contributed by atoms with Crippen LogP contribution in [0.3, 0.4) is 0 Å². The maximum absolute atomic E-state index is 13.2. The maximum Gasteiger partial charge on any atom is 0.251 e. The largest absolute Gasteiger partial charge is 0.354 e. The number of methoxy groups -OCH3 is 2. The van der Waals surface area contributed by atoms with Gasteiger partial charge in [0.2, 0.25) is 15.7 Å². The number of nitrogens with one attached hydrogen (secondary N) is 2. The molecular weight excluding hydrogens is 444 g/mol. The highest BCUT2D eigenvalue weighted by Gasteiger charge is 2.24. The lowest BCUT2D eigenvalue weighted by Crippen LogP contribution is -2.34. The van der Waals surface area contributed by atoms with Crippen molar-refractivity contribution in [3.8, 4) is 0 Å². The molecule has 0 heterocycles. The Morgan fingerprint density at radius 2 is 1.71 bits per heavy atom.